The number of nitro groups is 1. The monoisotopic (exact) mass is 341 g/mol. The fraction of sp³-hybridized carbons (Fsp3) is 0.0588. The largest absolute Gasteiger partial charge is 0.366 e. The van der Waals surface area contributed by atoms with Crippen molar-refractivity contribution >= 4 is 34.1 Å². The predicted octanol–water partition coefficient (Wildman–Crippen LogP) is 3.49. The second-order valence-corrected chi connectivity index (χ2v) is 5.69. The Kier molecular flexibility index (Phi) is 4.14. The van der Waals surface area contributed by atoms with E-state index in [9.17, 15) is 14.9 Å². The number of hydrogen-bond acceptors (Lipinski definition) is 4. The lowest BCUT2D eigenvalue weighted by atomic mass is 10.1. The third-order valence-corrected chi connectivity index (χ3v) is 4.01. The van der Waals surface area contributed by atoms with Crippen molar-refractivity contribution in [2.45, 2.75) is 6.42 Å². The molecule has 0 atom stereocenters. The fourth-order valence-electron chi connectivity index (χ4n) is 2.42. The predicted molar refractivity (Wildman–Crippen MR) is 91.2 cm³/mol. The number of carbonyl (C=O) groups is 1. The molecule has 0 saturated heterocycles. The van der Waals surface area contributed by atoms with Crippen molar-refractivity contribution in [3.05, 3.63) is 80.5 Å². The molecule has 7 heteroatoms. The van der Waals surface area contributed by atoms with E-state index in [1.54, 1.807) is 24.3 Å². The van der Waals surface area contributed by atoms with E-state index in [1.165, 1.54) is 18.2 Å². The molecule has 0 fully saturated rings. The highest BCUT2D eigenvalue weighted by Crippen LogP contribution is 2.25. The van der Waals surface area contributed by atoms with E-state index in [2.05, 4.69) is 4.98 Å². The number of primary amides is 1. The quantitative estimate of drug-likeness (QED) is 0.580. The van der Waals surface area contributed by atoms with Gasteiger partial charge in [0, 0.05) is 40.2 Å². The fourth-order valence-corrected chi connectivity index (χ4v) is 2.61. The molecule has 2 aromatic carbocycles. The molecule has 0 aliphatic carbocycles. The minimum absolute atomic E-state index is 0.0127. The number of nitrogens with zero attached hydrogens (tertiary/aromatic N) is 2. The minimum Gasteiger partial charge on any atom is -0.366 e. The van der Waals surface area contributed by atoms with Gasteiger partial charge in [0.05, 0.1) is 10.4 Å². The third-order valence-electron chi connectivity index (χ3n) is 3.64. The highest BCUT2D eigenvalue weighted by molar-refractivity contribution is 6.31. The molecule has 0 aliphatic rings. The molecule has 0 spiro atoms. The molecule has 3 aromatic rings. The summed E-state index contributed by atoms with van der Waals surface area (Å²) in [6.07, 6.45) is 0.369. The average Bonchev–Trinajstić information content (AvgIpc) is 2.56. The number of carbonyl (C=O) groups excluding carboxylic acids is 1. The first-order valence-corrected chi connectivity index (χ1v) is 7.44. The topological polar surface area (TPSA) is 99.1 Å². The van der Waals surface area contributed by atoms with E-state index in [1.807, 2.05) is 6.07 Å². The van der Waals surface area contributed by atoms with Crippen LogP contribution in [0.4, 0.5) is 5.69 Å². The molecule has 1 amide bonds. The van der Waals surface area contributed by atoms with Crippen molar-refractivity contribution in [3.8, 4) is 0 Å². The molecule has 0 aliphatic heterocycles. The van der Waals surface area contributed by atoms with Crippen molar-refractivity contribution in [2.24, 2.45) is 5.73 Å². The summed E-state index contributed by atoms with van der Waals surface area (Å²) in [5, 5.41) is 12.1. The molecular formula is C17H12ClN3O3. The maximum atomic E-state index is 11.2. The minimum atomic E-state index is -0.496. The van der Waals surface area contributed by atoms with Crippen LogP contribution in [0, 0.1) is 10.1 Å². The number of rotatable bonds is 4. The van der Waals surface area contributed by atoms with Gasteiger partial charge >= 0.3 is 0 Å². The van der Waals surface area contributed by atoms with E-state index in [0.29, 0.717) is 28.1 Å². The number of fused-ring (bicyclic) bond motifs is 1. The Hall–Kier alpha value is -2.99. The lowest BCUT2D eigenvalue weighted by molar-refractivity contribution is -0.384. The highest BCUT2D eigenvalue weighted by atomic mass is 35.5. The summed E-state index contributed by atoms with van der Waals surface area (Å²) < 4.78 is 0. The maximum Gasteiger partial charge on any atom is 0.269 e. The number of benzene rings is 2. The number of aromatic nitrogens is 1. The SMILES string of the molecule is NC(=O)c1ccc2nc(Cc3cc([N+](=O)[O-])ccc3Cl)ccc2c1. The van der Waals surface area contributed by atoms with Crippen molar-refractivity contribution in [1.29, 1.82) is 0 Å². The van der Waals surface area contributed by atoms with E-state index in [4.69, 9.17) is 17.3 Å². The molecule has 6 nitrogen and oxygen atoms in total. The number of nitrogens with two attached hydrogens (primary N) is 1. The molecule has 0 saturated carbocycles. The summed E-state index contributed by atoms with van der Waals surface area (Å²) in [5.74, 6) is -0.496. The molecule has 120 valence electrons. The van der Waals surface area contributed by atoms with Crippen LogP contribution in [0.1, 0.15) is 21.6 Å². The van der Waals surface area contributed by atoms with Crippen LogP contribution in [0.3, 0.4) is 0 Å². The first-order chi connectivity index (χ1) is 11.4. The van der Waals surface area contributed by atoms with Gasteiger partial charge in [-0.3, -0.25) is 19.9 Å². The van der Waals surface area contributed by atoms with Crippen molar-refractivity contribution in [1.82, 2.24) is 4.98 Å². The Morgan fingerprint density at radius 2 is 1.96 bits per heavy atom. The van der Waals surface area contributed by atoms with Crippen LogP contribution < -0.4 is 5.73 Å². The first kappa shape index (κ1) is 15.9. The van der Waals surface area contributed by atoms with Crippen LogP contribution in [0.25, 0.3) is 10.9 Å². The molecule has 0 radical (unpaired) electrons. The van der Waals surface area contributed by atoms with Crippen LogP contribution in [0.5, 0.6) is 0 Å². The molecule has 1 aromatic heterocycles. The number of nitro benzene ring substituents is 1. The van der Waals surface area contributed by atoms with Crippen LogP contribution in [0.2, 0.25) is 5.02 Å². The maximum absolute atomic E-state index is 11.2. The summed E-state index contributed by atoms with van der Waals surface area (Å²) >= 11 is 6.12. The summed E-state index contributed by atoms with van der Waals surface area (Å²) in [6.45, 7) is 0. The van der Waals surface area contributed by atoms with Gasteiger partial charge in [0.15, 0.2) is 0 Å². The van der Waals surface area contributed by atoms with Crippen LogP contribution in [-0.4, -0.2) is 15.8 Å². The Morgan fingerprint density at radius 3 is 2.67 bits per heavy atom. The second-order valence-electron chi connectivity index (χ2n) is 5.28. The average molecular weight is 342 g/mol. The number of pyridine rings is 1. The van der Waals surface area contributed by atoms with Gasteiger partial charge in [0.1, 0.15) is 0 Å². The lowest BCUT2D eigenvalue weighted by Crippen LogP contribution is -2.10. The van der Waals surface area contributed by atoms with Gasteiger partial charge in [-0.15, -0.1) is 0 Å². The van der Waals surface area contributed by atoms with Crippen molar-refractivity contribution in [3.63, 3.8) is 0 Å². The summed E-state index contributed by atoms with van der Waals surface area (Å²) in [6, 6.07) is 13.0. The number of amides is 1. The molecular weight excluding hydrogens is 330 g/mol. The Morgan fingerprint density at radius 1 is 1.17 bits per heavy atom. The van der Waals surface area contributed by atoms with E-state index < -0.39 is 10.8 Å². The zero-order valence-corrected chi connectivity index (χ0v) is 13.2. The third kappa shape index (κ3) is 3.18. The van der Waals surface area contributed by atoms with Gasteiger partial charge in [-0.1, -0.05) is 17.7 Å². The second kappa shape index (κ2) is 6.25. The van der Waals surface area contributed by atoms with Gasteiger partial charge in [-0.05, 0) is 35.9 Å². The van der Waals surface area contributed by atoms with Gasteiger partial charge in [-0.25, -0.2) is 0 Å². The standard InChI is InChI=1S/C17H12ClN3O3/c18-15-5-4-14(21(23)24)9-12(15)8-13-3-1-10-7-11(17(19)22)2-6-16(10)20-13/h1-7,9H,8H2,(H2,19,22). The summed E-state index contributed by atoms with van der Waals surface area (Å²) in [4.78, 5) is 26.1. The Labute approximate surface area is 142 Å². The summed E-state index contributed by atoms with van der Waals surface area (Å²) in [5.41, 5.74) is 7.72. The van der Waals surface area contributed by atoms with Crippen LogP contribution in [-0.2, 0) is 6.42 Å². The smallest absolute Gasteiger partial charge is 0.269 e. The Balaban J connectivity index is 1.96. The zero-order valence-electron chi connectivity index (χ0n) is 12.4. The Bertz CT molecular complexity index is 972. The number of hydrogen-bond donors (Lipinski definition) is 1. The van der Waals surface area contributed by atoms with Gasteiger partial charge in [0.25, 0.3) is 5.69 Å². The highest BCUT2D eigenvalue weighted by Gasteiger charge is 2.11. The van der Waals surface area contributed by atoms with Gasteiger partial charge in [-0.2, -0.15) is 0 Å². The van der Waals surface area contributed by atoms with E-state index in [0.717, 1.165) is 11.1 Å². The molecule has 3 rings (SSSR count). The van der Waals surface area contributed by atoms with Gasteiger partial charge < -0.3 is 5.73 Å². The first-order valence-electron chi connectivity index (χ1n) is 7.06. The van der Waals surface area contributed by atoms with Crippen molar-refractivity contribution < 1.29 is 9.72 Å². The van der Waals surface area contributed by atoms with Crippen molar-refractivity contribution in [2.75, 3.05) is 0 Å². The van der Waals surface area contributed by atoms with Crippen LogP contribution in [0.15, 0.2) is 48.5 Å². The van der Waals surface area contributed by atoms with Crippen LogP contribution >= 0.6 is 11.6 Å². The molecule has 24 heavy (non-hydrogen) atoms. The molecule has 2 N–H and O–H groups in total. The van der Waals surface area contributed by atoms with Gasteiger partial charge in [0.2, 0.25) is 5.91 Å². The number of halogens is 1. The number of non-ortho nitro benzene ring substituents is 1. The molecule has 1 heterocycles. The summed E-state index contributed by atoms with van der Waals surface area (Å²) in [7, 11) is 0. The van der Waals surface area contributed by atoms with E-state index >= 15 is 0 Å². The zero-order chi connectivity index (χ0) is 17.3. The normalized spacial score (nSPS) is 10.7. The molecule has 0 unspecified atom stereocenters. The van der Waals surface area contributed by atoms with E-state index in [-0.39, 0.29) is 5.69 Å². The molecule has 0 bridgehead atoms. The lowest BCUT2D eigenvalue weighted by Gasteiger charge is -2.06.